The molecule has 2 aliphatic carbocycles. The van der Waals surface area contributed by atoms with Crippen molar-refractivity contribution in [3.63, 3.8) is 0 Å². The number of hydrogen-bond donors (Lipinski definition) is 2. The fraction of sp³-hybridized carbons (Fsp3) is 0.773. The molecule has 8 atom stereocenters. The van der Waals surface area contributed by atoms with Crippen LogP contribution in [0.25, 0.3) is 0 Å². The average molecular weight is 424 g/mol. The highest BCUT2D eigenvalue weighted by Gasteiger charge is 2.72. The van der Waals surface area contributed by atoms with E-state index in [9.17, 15) is 24.6 Å². The van der Waals surface area contributed by atoms with E-state index in [0.29, 0.717) is 18.4 Å². The van der Waals surface area contributed by atoms with Crippen molar-refractivity contribution in [3.8, 4) is 0 Å². The quantitative estimate of drug-likeness (QED) is 0.399. The fourth-order valence-corrected chi connectivity index (χ4v) is 5.82. The van der Waals surface area contributed by atoms with Crippen LogP contribution in [0.1, 0.15) is 60.8 Å². The van der Waals surface area contributed by atoms with E-state index in [0.717, 1.165) is 0 Å². The minimum atomic E-state index is -1.69. The molecule has 8 heteroatoms. The zero-order chi connectivity index (χ0) is 22.6. The zero-order valence-electron chi connectivity index (χ0n) is 18.4. The molecule has 30 heavy (non-hydrogen) atoms. The molecule has 168 valence electrons. The Bertz CT molecular complexity index is 786. The number of esters is 3. The Morgan fingerprint density at radius 1 is 1.23 bits per heavy atom. The van der Waals surface area contributed by atoms with Crippen molar-refractivity contribution in [2.45, 2.75) is 90.3 Å². The molecule has 3 rings (SSSR count). The standard InChI is InChI=1S/C22H32O8/c1-7-11(2)18(25)30-22(6)15-13(28-12(3)23)10-20(4)14(24)8-9-21(5,27)17(20)16(15)29-19(22)26/h7,13-17,24,27H,8-10H2,1-6H3/t13-,14-,15+,16+,17-,20+,21+,22-/m0/s1. The lowest BCUT2D eigenvalue weighted by Gasteiger charge is -2.59. The summed E-state index contributed by atoms with van der Waals surface area (Å²) in [5, 5.41) is 22.0. The van der Waals surface area contributed by atoms with Gasteiger partial charge in [0.2, 0.25) is 5.60 Å². The van der Waals surface area contributed by atoms with Crippen molar-refractivity contribution in [2.75, 3.05) is 0 Å². The largest absolute Gasteiger partial charge is 0.462 e. The van der Waals surface area contributed by atoms with E-state index in [1.807, 2.05) is 6.92 Å². The van der Waals surface area contributed by atoms with E-state index >= 15 is 0 Å². The summed E-state index contributed by atoms with van der Waals surface area (Å²) in [5.41, 5.74) is -3.42. The third kappa shape index (κ3) is 3.34. The third-order valence-corrected chi connectivity index (χ3v) is 7.45. The summed E-state index contributed by atoms with van der Waals surface area (Å²) in [6.45, 7) is 9.48. The summed E-state index contributed by atoms with van der Waals surface area (Å²) in [4.78, 5) is 37.4. The van der Waals surface area contributed by atoms with E-state index in [1.165, 1.54) is 13.8 Å². The molecule has 8 nitrogen and oxygen atoms in total. The van der Waals surface area contributed by atoms with Crippen molar-refractivity contribution < 1.29 is 38.8 Å². The van der Waals surface area contributed by atoms with Crippen LogP contribution in [0.4, 0.5) is 0 Å². The van der Waals surface area contributed by atoms with Gasteiger partial charge in [-0.05, 0) is 47.0 Å². The molecular formula is C22H32O8. The van der Waals surface area contributed by atoms with E-state index in [4.69, 9.17) is 14.2 Å². The van der Waals surface area contributed by atoms with Crippen molar-refractivity contribution >= 4 is 17.9 Å². The van der Waals surface area contributed by atoms with Gasteiger partial charge in [-0.1, -0.05) is 13.0 Å². The molecule has 3 aliphatic rings. The monoisotopic (exact) mass is 424 g/mol. The van der Waals surface area contributed by atoms with Gasteiger partial charge in [-0.3, -0.25) is 4.79 Å². The van der Waals surface area contributed by atoms with Gasteiger partial charge in [0.05, 0.1) is 17.6 Å². The van der Waals surface area contributed by atoms with Crippen LogP contribution >= 0.6 is 0 Å². The molecule has 0 unspecified atom stereocenters. The molecule has 3 fully saturated rings. The zero-order valence-corrected chi connectivity index (χ0v) is 18.4. The Morgan fingerprint density at radius 3 is 2.43 bits per heavy atom. The summed E-state index contributed by atoms with van der Waals surface area (Å²) in [5.74, 6) is -3.37. The van der Waals surface area contributed by atoms with Crippen molar-refractivity contribution in [2.24, 2.45) is 17.3 Å². The van der Waals surface area contributed by atoms with Crippen LogP contribution in [0.2, 0.25) is 0 Å². The lowest BCUT2D eigenvalue weighted by Crippen LogP contribution is -2.67. The van der Waals surface area contributed by atoms with Gasteiger partial charge in [-0.2, -0.15) is 0 Å². The second-order valence-electron chi connectivity index (χ2n) is 9.61. The van der Waals surface area contributed by atoms with Gasteiger partial charge in [0, 0.05) is 23.8 Å². The van der Waals surface area contributed by atoms with Gasteiger partial charge in [0.1, 0.15) is 12.2 Å². The molecule has 0 amide bonds. The Hall–Kier alpha value is -1.93. The van der Waals surface area contributed by atoms with Crippen molar-refractivity contribution in [1.29, 1.82) is 0 Å². The maximum Gasteiger partial charge on any atom is 0.351 e. The van der Waals surface area contributed by atoms with E-state index in [2.05, 4.69) is 0 Å². The number of aliphatic hydroxyl groups is 2. The topological polar surface area (TPSA) is 119 Å². The predicted octanol–water partition coefficient (Wildman–Crippen LogP) is 1.66. The molecule has 0 spiro atoms. The van der Waals surface area contributed by atoms with E-state index < -0.39 is 64.7 Å². The van der Waals surface area contributed by atoms with Gasteiger partial charge in [-0.25, -0.2) is 9.59 Å². The van der Waals surface area contributed by atoms with Gasteiger partial charge < -0.3 is 24.4 Å². The Kier molecular flexibility index (Phi) is 5.56. The summed E-state index contributed by atoms with van der Waals surface area (Å²) < 4.78 is 16.9. The van der Waals surface area contributed by atoms with E-state index in [-0.39, 0.29) is 6.42 Å². The number of fused-ring (bicyclic) bond motifs is 3. The highest BCUT2D eigenvalue weighted by atomic mass is 16.6. The molecular weight excluding hydrogens is 392 g/mol. The number of carbonyl (C=O) groups excluding carboxylic acids is 3. The highest BCUT2D eigenvalue weighted by molar-refractivity contribution is 5.92. The number of aliphatic hydroxyl groups excluding tert-OH is 1. The first-order valence-electron chi connectivity index (χ1n) is 10.4. The third-order valence-electron chi connectivity index (χ3n) is 7.45. The first-order chi connectivity index (χ1) is 13.8. The van der Waals surface area contributed by atoms with Crippen molar-refractivity contribution in [1.82, 2.24) is 0 Å². The van der Waals surface area contributed by atoms with Crippen LogP contribution in [0.15, 0.2) is 11.6 Å². The average Bonchev–Trinajstić information content (AvgIpc) is 2.87. The second-order valence-corrected chi connectivity index (χ2v) is 9.61. The SMILES string of the molecule is CC=C(C)C(=O)O[C@]1(C)C(=O)O[C@@H]2[C@H]1[C@@H](OC(C)=O)C[C@]1(C)[C@@H](O)CC[C@@](C)(O)[C@@H]21. The van der Waals surface area contributed by atoms with Crippen LogP contribution in [0, 0.1) is 17.3 Å². The van der Waals surface area contributed by atoms with Crippen molar-refractivity contribution in [3.05, 3.63) is 11.6 Å². The number of carbonyl (C=O) groups is 3. The van der Waals surface area contributed by atoms with Gasteiger partial charge in [-0.15, -0.1) is 0 Å². The lowest BCUT2D eigenvalue weighted by atomic mass is 9.49. The molecule has 0 bridgehead atoms. The highest BCUT2D eigenvalue weighted by Crippen LogP contribution is 2.60. The normalized spacial score (nSPS) is 45.8. The number of ether oxygens (including phenoxy) is 3. The lowest BCUT2D eigenvalue weighted by molar-refractivity contribution is -0.239. The molecule has 0 aromatic heterocycles. The summed E-state index contributed by atoms with van der Waals surface area (Å²) in [6, 6.07) is 0. The Balaban J connectivity index is 2.10. The fourth-order valence-electron chi connectivity index (χ4n) is 5.82. The molecule has 1 saturated heterocycles. The van der Waals surface area contributed by atoms with Gasteiger partial charge in [0.25, 0.3) is 0 Å². The Labute approximate surface area is 176 Å². The number of hydrogen-bond acceptors (Lipinski definition) is 8. The molecule has 1 heterocycles. The molecule has 0 aromatic carbocycles. The minimum Gasteiger partial charge on any atom is -0.462 e. The first-order valence-corrected chi connectivity index (χ1v) is 10.4. The van der Waals surface area contributed by atoms with Gasteiger partial charge in [0.15, 0.2) is 0 Å². The molecule has 0 radical (unpaired) electrons. The molecule has 1 aliphatic heterocycles. The summed E-state index contributed by atoms with van der Waals surface area (Å²) in [6.07, 6.45) is 0.0313. The number of rotatable bonds is 3. The van der Waals surface area contributed by atoms with Crippen LogP contribution in [-0.4, -0.2) is 57.6 Å². The van der Waals surface area contributed by atoms with E-state index in [1.54, 1.807) is 26.8 Å². The van der Waals surface area contributed by atoms with Crippen LogP contribution in [-0.2, 0) is 28.6 Å². The summed E-state index contributed by atoms with van der Waals surface area (Å²) in [7, 11) is 0. The minimum absolute atomic E-state index is 0.210. The molecule has 0 aromatic rings. The van der Waals surface area contributed by atoms with Crippen LogP contribution in [0.5, 0.6) is 0 Å². The Morgan fingerprint density at radius 2 is 1.87 bits per heavy atom. The number of allylic oxidation sites excluding steroid dienone is 1. The second kappa shape index (κ2) is 7.34. The predicted molar refractivity (Wildman–Crippen MR) is 105 cm³/mol. The molecule has 2 N–H and O–H groups in total. The molecule has 2 saturated carbocycles. The maximum atomic E-state index is 13.0. The summed E-state index contributed by atoms with van der Waals surface area (Å²) >= 11 is 0. The van der Waals surface area contributed by atoms with Gasteiger partial charge >= 0.3 is 17.9 Å². The first kappa shape index (κ1) is 22.7. The maximum absolute atomic E-state index is 13.0. The smallest absolute Gasteiger partial charge is 0.351 e. The van der Waals surface area contributed by atoms with Crippen LogP contribution in [0.3, 0.4) is 0 Å². The van der Waals surface area contributed by atoms with Crippen LogP contribution < -0.4 is 0 Å².